The van der Waals surface area contributed by atoms with E-state index in [9.17, 15) is 4.79 Å². The van der Waals surface area contributed by atoms with Crippen molar-refractivity contribution in [3.63, 3.8) is 0 Å². The topological polar surface area (TPSA) is 81.1 Å². The Hall–Kier alpha value is -2.14. The van der Waals surface area contributed by atoms with Gasteiger partial charge in [-0.05, 0) is 23.8 Å². The number of aliphatic carboxylic acids is 1. The zero-order valence-corrected chi connectivity index (χ0v) is 8.45. The molecule has 0 amide bonds. The maximum atomic E-state index is 10.8. The minimum atomic E-state index is -1.04. The van der Waals surface area contributed by atoms with Crippen LogP contribution in [-0.2, 0) is 4.79 Å². The van der Waals surface area contributed by atoms with Crippen LogP contribution < -0.4 is 5.73 Å². The predicted octanol–water partition coefficient (Wildman–Crippen LogP) is 0.957. The number of nitrogens with two attached hydrogens (primary N) is 1. The summed E-state index contributed by atoms with van der Waals surface area (Å²) in [5, 5.41) is 12.9. The zero-order chi connectivity index (χ0) is 11.5. The molecule has 82 valence electrons. The van der Waals surface area contributed by atoms with Gasteiger partial charge in [0.25, 0.3) is 0 Å². The second kappa shape index (κ2) is 4.16. The van der Waals surface area contributed by atoms with Crippen LogP contribution in [-0.4, -0.2) is 20.9 Å². The minimum Gasteiger partial charge on any atom is -0.480 e. The van der Waals surface area contributed by atoms with Crippen LogP contribution in [0.3, 0.4) is 0 Å². The van der Waals surface area contributed by atoms with Gasteiger partial charge in [-0.2, -0.15) is 5.10 Å². The van der Waals surface area contributed by atoms with Crippen molar-refractivity contribution >= 4 is 5.97 Å². The normalized spacial score (nSPS) is 12.3. The molecule has 1 atom stereocenters. The largest absolute Gasteiger partial charge is 0.480 e. The number of aromatic nitrogens is 2. The van der Waals surface area contributed by atoms with Gasteiger partial charge < -0.3 is 10.8 Å². The van der Waals surface area contributed by atoms with Crippen LogP contribution in [0.25, 0.3) is 5.69 Å². The average Bonchev–Trinajstić information content (AvgIpc) is 2.81. The van der Waals surface area contributed by atoms with Gasteiger partial charge in [0.1, 0.15) is 6.04 Å². The lowest BCUT2D eigenvalue weighted by atomic mass is 10.1. The highest BCUT2D eigenvalue weighted by Gasteiger charge is 2.14. The van der Waals surface area contributed by atoms with Gasteiger partial charge in [-0.25, -0.2) is 4.68 Å². The van der Waals surface area contributed by atoms with Crippen molar-refractivity contribution in [3.8, 4) is 5.69 Å². The van der Waals surface area contributed by atoms with E-state index in [0.29, 0.717) is 5.56 Å². The summed E-state index contributed by atoms with van der Waals surface area (Å²) in [6.45, 7) is 0. The molecule has 2 aromatic rings. The molecule has 1 aromatic carbocycles. The highest BCUT2D eigenvalue weighted by Crippen LogP contribution is 2.15. The molecule has 1 heterocycles. The molecule has 0 aliphatic heterocycles. The van der Waals surface area contributed by atoms with E-state index in [4.69, 9.17) is 10.8 Å². The Bertz CT molecular complexity index is 494. The molecular formula is C11H11N3O2. The molecule has 0 aliphatic carbocycles. The van der Waals surface area contributed by atoms with Gasteiger partial charge in [0.05, 0.1) is 5.69 Å². The molecule has 16 heavy (non-hydrogen) atoms. The van der Waals surface area contributed by atoms with Crippen LogP contribution in [0.15, 0.2) is 42.7 Å². The fourth-order valence-electron chi connectivity index (χ4n) is 1.42. The second-order valence-electron chi connectivity index (χ2n) is 3.36. The Morgan fingerprint density at radius 2 is 2.25 bits per heavy atom. The van der Waals surface area contributed by atoms with Crippen molar-refractivity contribution in [2.45, 2.75) is 6.04 Å². The van der Waals surface area contributed by atoms with E-state index in [-0.39, 0.29) is 0 Å². The molecular weight excluding hydrogens is 206 g/mol. The van der Waals surface area contributed by atoms with Crippen LogP contribution >= 0.6 is 0 Å². The summed E-state index contributed by atoms with van der Waals surface area (Å²) in [5.74, 6) is -1.04. The smallest absolute Gasteiger partial charge is 0.325 e. The van der Waals surface area contributed by atoms with Crippen LogP contribution in [0.4, 0.5) is 0 Å². The summed E-state index contributed by atoms with van der Waals surface area (Å²) in [7, 11) is 0. The summed E-state index contributed by atoms with van der Waals surface area (Å²) < 4.78 is 1.65. The third-order valence-corrected chi connectivity index (χ3v) is 2.26. The van der Waals surface area contributed by atoms with Gasteiger partial charge in [-0.1, -0.05) is 12.1 Å². The van der Waals surface area contributed by atoms with E-state index in [2.05, 4.69) is 5.10 Å². The molecule has 0 saturated heterocycles. The van der Waals surface area contributed by atoms with E-state index in [1.807, 2.05) is 6.07 Å². The maximum absolute atomic E-state index is 10.8. The number of nitrogens with zero attached hydrogens (tertiary/aromatic N) is 2. The average molecular weight is 217 g/mol. The van der Waals surface area contributed by atoms with Crippen LogP contribution in [0, 0.1) is 0 Å². The van der Waals surface area contributed by atoms with Crippen LogP contribution in [0.2, 0.25) is 0 Å². The van der Waals surface area contributed by atoms with E-state index < -0.39 is 12.0 Å². The molecule has 5 nitrogen and oxygen atoms in total. The highest BCUT2D eigenvalue weighted by molar-refractivity contribution is 5.75. The number of carboxylic acids is 1. The van der Waals surface area contributed by atoms with Crippen molar-refractivity contribution in [3.05, 3.63) is 48.3 Å². The van der Waals surface area contributed by atoms with Crippen molar-refractivity contribution in [2.24, 2.45) is 5.73 Å². The SMILES string of the molecule is NC(C(=O)O)c1cccc(-n2cccn2)c1. The number of hydrogen-bond donors (Lipinski definition) is 2. The number of hydrogen-bond acceptors (Lipinski definition) is 3. The fourth-order valence-corrected chi connectivity index (χ4v) is 1.42. The Morgan fingerprint density at radius 1 is 1.44 bits per heavy atom. The van der Waals surface area contributed by atoms with E-state index in [0.717, 1.165) is 5.69 Å². The number of carbonyl (C=O) groups is 1. The third-order valence-electron chi connectivity index (χ3n) is 2.26. The van der Waals surface area contributed by atoms with Gasteiger partial charge in [-0.15, -0.1) is 0 Å². The Balaban J connectivity index is 2.37. The molecule has 0 bridgehead atoms. The van der Waals surface area contributed by atoms with Gasteiger partial charge in [0, 0.05) is 12.4 Å². The molecule has 0 saturated carbocycles. The molecule has 0 spiro atoms. The van der Waals surface area contributed by atoms with Crippen molar-refractivity contribution in [1.29, 1.82) is 0 Å². The summed E-state index contributed by atoms with van der Waals surface area (Å²) in [4.78, 5) is 10.8. The molecule has 1 aromatic heterocycles. The van der Waals surface area contributed by atoms with Gasteiger partial charge in [0.15, 0.2) is 0 Å². The summed E-state index contributed by atoms with van der Waals surface area (Å²) in [5.41, 5.74) is 6.88. The molecule has 0 aliphatic rings. The van der Waals surface area contributed by atoms with Gasteiger partial charge >= 0.3 is 5.97 Å². The highest BCUT2D eigenvalue weighted by atomic mass is 16.4. The van der Waals surface area contributed by atoms with Crippen molar-refractivity contribution < 1.29 is 9.90 Å². The Morgan fingerprint density at radius 3 is 2.88 bits per heavy atom. The standard InChI is InChI=1S/C11H11N3O2/c12-10(11(15)16)8-3-1-4-9(7-8)14-6-2-5-13-14/h1-7,10H,12H2,(H,15,16). The Kier molecular flexibility index (Phi) is 2.70. The monoisotopic (exact) mass is 217 g/mol. The van der Waals surface area contributed by atoms with Gasteiger partial charge in [-0.3, -0.25) is 4.79 Å². The van der Waals surface area contributed by atoms with E-state index >= 15 is 0 Å². The van der Waals surface area contributed by atoms with Crippen LogP contribution in [0.1, 0.15) is 11.6 Å². The molecule has 0 radical (unpaired) electrons. The van der Waals surface area contributed by atoms with Crippen molar-refractivity contribution in [2.75, 3.05) is 0 Å². The van der Waals surface area contributed by atoms with Crippen molar-refractivity contribution in [1.82, 2.24) is 9.78 Å². The first-order valence-corrected chi connectivity index (χ1v) is 4.77. The molecule has 3 N–H and O–H groups in total. The van der Waals surface area contributed by atoms with E-state index in [1.54, 1.807) is 41.3 Å². The summed E-state index contributed by atoms with van der Waals surface area (Å²) >= 11 is 0. The predicted molar refractivity (Wildman–Crippen MR) is 58.1 cm³/mol. The third kappa shape index (κ3) is 1.94. The molecule has 2 rings (SSSR count). The zero-order valence-electron chi connectivity index (χ0n) is 8.45. The summed E-state index contributed by atoms with van der Waals surface area (Å²) in [6.07, 6.45) is 3.44. The first-order chi connectivity index (χ1) is 7.68. The molecule has 1 unspecified atom stereocenters. The first kappa shape index (κ1) is 10.4. The number of rotatable bonds is 3. The fraction of sp³-hybridized carbons (Fsp3) is 0.0909. The van der Waals surface area contributed by atoms with Crippen LogP contribution in [0.5, 0.6) is 0 Å². The molecule has 5 heteroatoms. The molecule has 0 fully saturated rings. The van der Waals surface area contributed by atoms with Gasteiger partial charge in [0.2, 0.25) is 0 Å². The lowest BCUT2D eigenvalue weighted by Crippen LogP contribution is -2.20. The Labute approximate surface area is 92.1 Å². The van der Waals surface area contributed by atoms with E-state index in [1.165, 1.54) is 0 Å². The number of benzene rings is 1. The first-order valence-electron chi connectivity index (χ1n) is 4.77. The quantitative estimate of drug-likeness (QED) is 0.802. The lowest BCUT2D eigenvalue weighted by Gasteiger charge is -2.08. The lowest BCUT2D eigenvalue weighted by molar-refractivity contribution is -0.138. The minimum absolute atomic E-state index is 0.556. The maximum Gasteiger partial charge on any atom is 0.325 e. The second-order valence-corrected chi connectivity index (χ2v) is 3.36. The number of carboxylic acid groups (broad SMARTS) is 1. The summed E-state index contributed by atoms with van der Waals surface area (Å²) in [6, 6.07) is 7.79.